The lowest BCUT2D eigenvalue weighted by Gasteiger charge is -2.20. The maximum absolute atomic E-state index is 2.50. The summed E-state index contributed by atoms with van der Waals surface area (Å²) in [6.45, 7) is 14.2. The van der Waals surface area contributed by atoms with Crippen LogP contribution < -0.4 is 9.75 Å². The average Bonchev–Trinajstić information content (AvgIpc) is 3.31. The highest BCUT2D eigenvalue weighted by Crippen LogP contribution is 2.54. The van der Waals surface area contributed by atoms with E-state index in [4.69, 9.17) is 0 Å². The molecular weight excluding hydrogens is 380 g/mol. The standard InChI is InChI=1S/C24H26S2Si/c1-12-7-8-13(2)19-16(12)9-10-17(19)20-15(4)26-23-21(20)18-11-14(3)25-22(18)24(23)27(5)6/h7-11,17,23,27H,1-6H3. The van der Waals surface area contributed by atoms with Crippen molar-refractivity contribution in [2.45, 2.75) is 52.0 Å². The van der Waals surface area contributed by atoms with Gasteiger partial charge in [0.15, 0.2) is 0 Å². The molecule has 0 amide bonds. The van der Waals surface area contributed by atoms with Gasteiger partial charge in [-0.15, -0.1) is 23.1 Å². The molecule has 0 radical (unpaired) electrons. The number of benzene rings is 1. The normalized spacial score (nSPS) is 22.9. The minimum Gasteiger partial charge on any atom is -0.141 e. The fourth-order valence-electron chi connectivity index (χ4n) is 5.15. The van der Waals surface area contributed by atoms with E-state index in [-0.39, 0.29) is 0 Å². The highest BCUT2D eigenvalue weighted by molar-refractivity contribution is 8.05. The zero-order valence-electron chi connectivity index (χ0n) is 16.9. The van der Waals surface area contributed by atoms with Gasteiger partial charge < -0.3 is 0 Å². The Kier molecular flexibility index (Phi) is 4.02. The van der Waals surface area contributed by atoms with E-state index >= 15 is 0 Å². The Hall–Kier alpha value is -1.29. The van der Waals surface area contributed by atoms with Crippen LogP contribution in [-0.4, -0.2) is 14.0 Å². The molecule has 2 atom stereocenters. The van der Waals surface area contributed by atoms with E-state index in [0.29, 0.717) is 11.2 Å². The van der Waals surface area contributed by atoms with Crippen molar-refractivity contribution in [1.29, 1.82) is 0 Å². The molecule has 0 saturated heterocycles. The Bertz CT molecular complexity index is 1170. The summed E-state index contributed by atoms with van der Waals surface area (Å²) < 4.78 is 1.62. The summed E-state index contributed by atoms with van der Waals surface area (Å²) in [5, 5.41) is 3.95. The van der Waals surface area contributed by atoms with Crippen molar-refractivity contribution in [3.8, 4) is 0 Å². The van der Waals surface area contributed by atoms with E-state index < -0.39 is 8.80 Å². The van der Waals surface area contributed by atoms with Crippen LogP contribution in [0.15, 0.2) is 34.8 Å². The Morgan fingerprint density at radius 1 is 0.963 bits per heavy atom. The SMILES string of the molecule is CC1=C(C2C=Cc3c(C)ccc(C)c32)C2=c3cc(C)sc3=C([SiH](C)C)C2S1. The molecule has 0 spiro atoms. The van der Waals surface area contributed by atoms with Gasteiger partial charge >= 0.3 is 0 Å². The van der Waals surface area contributed by atoms with Crippen molar-refractivity contribution in [2.75, 3.05) is 0 Å². The van der Waals surface area contributed by atoms with Gasteiger partial charge in [-0.05, 0) is 82.5 Å². The maximum Gasteiger partial charge on any atom is 0.0633 e. The van der Waals surface area contributed by atoms with Gasteiger partial charge in [-0.25, -0.2) is 0 Å². The first kappa shape index (κ1) is 17.8. The monoisotopic (exact) mass is 406 g/mol. The minimum absolute atomic E-state index is 0.425. The summed E-state index contributed by atoms with van der Waals surface area (Å²) in [6.07, 6.45) is 4.83. The Morgan fingerprint density at radius 2 is 1.70 bits per heavy atom. The quantitative estimate of drug-likeness (QED) is 0.617. The molecule has 1 aliphatic heterocycles. The van der Waals surface area contributed by atoms with Gasteiger partial charge in [-0.3, -0.25) is 0 Å². The fourth-order valence-corrected chi connectivity index (χ4v) is 10.9. The van der Waals surface area contributed by atoms with Gasteiger partial charge in [-0.1, -0.05) is 37.4 Å². The topological polar surface area (TPSA) is 0 Å². The molecule has 0 bridgehead atoms. The van der Waals surface area contributed by atoms with Gasteiger partial charge in [0, 0.05) is 15.3 Å². The van der Waals surface area contributed by atoms with E-state index in [9.17, 15) is 0 Å². The molecule has 0 saturated carbocycles. The summed E-state index contributed by atoms with van der Waals surface area (Å²) in [5.74, 6) is 0.425. The second-order valence-electron chi connectivity index (χ2n) is 8.45. The Balaban J connectivity index is 1.76. The zero-order chi connectivity index (χ0) is 19.0. The van der Waals surface area contributed by atoms with Crippen LogP contribution in [0.5, 0.6) is 0 Å². The Labute approximate surface area is 172 Å². The highest BCUT2D eigenvalue weighted by Gasteiger charge is 2.41. The van der Waals surface area contributed by atoms with Crippen molar-refractivity contribution in [1.82, 2.24) is 0 Å². The first-order valence-corrected chi connectivity index (χ1v) is 14.5. The molecule has 0 nitrogen and oxygen atoms in total. The molecule has 138 valence electrons. The largest absolute Gasteiger partial charge is 0.141 e. The summed E-state index contributed by atoms with van der Waals surface area (Å²) >= 11 is 4.16. The van der Waals surface area contributed by atoms with Crippen LogP contribution in [0.3, 0.4) is 0 Å². The number of hydrogen-bond donors (Lipinski definition) is 0. The molecule has 3 aliphatic rings. The fraction of sp³-hybridized carbons (Fsp3) is 0.333. The predicted molar refractivity (Wildman–Crippen MR) is 126 cm³/mol. The van der Waals surface area contributed by atoms with Gasteiger partial charge in [-0.2, -0.15) is 0 Å². The van der Waals surface area contributed by atoms with Crippen LogP contribution in [0.25, 0.3) is 16.8 Å². The number of hydrogen-bond acceptors (Lipinski definition) is 2. The molecule has 5 rings (SSSR count). The number of fused-ring (bicyclic) bond motifs is 3. The molecule has 2 aromatic rings. The lowest BCUT2D eigenvalue weighted by Crippen LogP contribution is -2.22. The van der Waals surface area contributed by atoms with Crippen LogP contribution in [0.1, 0.15) is 40.0 Å². The number of thiophene rings is 1. The van der Waals surface area contributed by atoms with Crippen LogP contribution in [0.2, 0.25) is 13.1 Å². The third-order valence-electron chi connectivity index (χ3n) is 6.34. The van der Waals surface area contributed by atoms with Crippen LogP contribution in [0, 0.1) is 20.8 Å². The highest BCUT2D eigenvalue weighted by atomic mass is 32.2. The van der Waals surface area contributed by atoms with Gasteiger partial charge in [0.1, 0.15) is 0 Å². The van der Waals surface area contributed by atoms with E-state index in [0.717, 1.165) is 0 Å². The number of aryl methyl sites for hydroxylation is 3. The molecule has 1 aromatic carbocycles. The van der Waals surface area contributed by atoms with Crippen LogP contribution in [0.4, 0.5) is 0 Å². The summed E-state index contributed by atoms with van der Waals surface area (Å²) in [7, 11) is -0.854. The molecule has 1 aromatic heterocycles. The summed E-state index contributed by atoms with van der Waals surface area (Å²) in [4.78, 5) is 3.00. The lowest BCUT2D eigenvalue weighted by molar-refractivity contribution is 1.02. The minimum atomic E-state index is -0.854. The maximum atomic E-state index is 2.50. The van der Waals surface area contributed by atoms with Crippen LogP contribution >= 0.6 is 23.1 Å². The van der Waals surface area contributed by atoms with E-state index in [1.165, 1.54) is 21.6 Å². The smallest absolute Gasteiger partial charge is 0.0633 e. The van der Waals surface area contributed by atoms with E-state index in [1.807, 2.05) is 11.3 Å². The number of thioether (sulfide) groups is 1. The van der Waals surface area contributed by atoms with Crippen LogP contribution in [-0.2, 0) is 0 Å². The number of allylic oxidation sites excluding steroid dienone is 3. The van der Waals surface area contributed by atoms with Crippen molar-refractivity contribution < 1.29 is 0 Å². The second-order valence-corrected chi connectivity index (χ2v) is 14.0. The average molecular weight is 407 g/mol. The first-order chi connectivity index (χ1) is 12.9. The van der Waals surface area contributed by atoms with E-state index in [2.05, 4.69) is 82.9 Å². The van der Waals surface area contributed by atoms with E-state index in [1.54, 1.807) is 36.6 Å². The lowest BCUT2D eigenvalue weighted by atomic mass is 9.84. The van der Waals surface area contributed by atoms with Gasteiger partial charge in [0.05, 0.1) is 14.0 Å². The van der Waals surface area contributed by atoms with Gasteiger partial charge in [0.25, 0.3) is 0 Å². The van der Waals surface area contributed by atoms with Crippen molar-refractivity contribution >= 4 is 48.7 Å². The predicted octanol–water partition coefficient (Wildman–Crippen LogP) is 5.21. The van der Waals surface area contributed by atoms with Crippen molar-refractivity contribution in [3.05, 3.63) is 71.6 Å². The molecule has 2 aliphatic carbocycles. The summed E-state index contributed by atoms with van der Waals surface area (Å²) in [6, 6.07) is 7.04. The third kappa shape index (κ3) is 2.41. The number of rotatable bonds is 2. The molecule has 0 fully saturated rings. The third-order valence-corrected chi connectivity index (χ3v) is 11.1. The molecule has 2 unspecified atom stereocenters. The molecule has 0 N–H and O–H groups in total. The summed E-state index contributed by atoms with van der Waals surface area (Å²) in [5.41, 5.74) is 9.09. The van der Waals surface area contributed by atoms with Gasteiger partial charge in [0.2, 0.25) is 0 Å². The van der Waals surface area contributed by atoms with Crippen molar-refractivity contribution in [3.63, 3.8) is 0 Å². The van der Waals surface area contributed by atoms with Crippen molar-refractivity contribution in [2.24, 2.45) is 0 Å². The Morgan fingerprint density at radius 3 is 2.44 bits per heavy atom. The molecular formula is C24H26S2Si. The molecule has 2 heterocycles. The molecule has 27 heavy (non-hydrogen) atoms. The second kappa shape index (κ2) is 6.10. The zero-order valence-corrected chi connectivity index (χ0v) is 19.7. The molecule has 3 heteroatoms. The first-order valence-electron chi connectivity index (χ1n) is 9.89.